The van der Waals surface area contributed by atoms with Crippen molar-refractivity contribution in [3.63, 3.8) is 0 Å². The molecule has 2 fully saturated rings. The van der Waals surface area contributed by atoms with Gasteiger partial charge in [-0.3, -0.25) is 9.36 Å². The van der Waals surface area contributed by atoms with Crippen LogP contribution in [0.2, 0.25) is 0 Å². The van der Waals surface area contributed by atoms with Crippen LogP contribution in [-0.2, 0) is 4.79 Å². The van der Waals surface area contributed by atoms with Crippen molar-refractivity contribution in [1.82, 2.24) is 19.7 Å². The van der Waals surface area contributed by atoms with Crippen LogP contribution in [0.15, 0.2) is 29.4 Å². The minimum atomic E-state index is -0.296. The fraction of sp³-hybridized carbons (Fsp3) is 0.550. The van der Waals surface area contributed by atoms with Gasteiger partial charge in [0.25, 0.3) is 0 Å². The molecule has 1 saturated carbocycles. The number of thioether (sulfide) groups is 1. The number of likely N-dealkylation sites (tertiary alicyclic amines) is 1. The molecule has 1 amide bonds. The third kappa shape index (κ3) is 4.03. The van der Waals surface area contributed by atoms with E-state index in [1.165, 1.54) is 24.2 Å². The highest BCUT2D eigenvalue weighted by atomic mass is 32.2. The Morgan fingerprint density at radius 3 is 2.56 bits per heavy atom. The zero-order chi connectivity index (χ0) is 19.0. The summed E-state index contributed by atoms with van der Waals surface area (Å²) in [4.78, 5) is 14.7. The standard InChI is InChI=1S/C20H25FN4OS/c1-13-9-14(2)11-24(10-13)18(26)12-27-20-23-22-19(25(20)15-7-8-15)16-5-3-4-6-17(16)21/h3-6,13-15H,7-12H2,1-2H3/t13-,14-/m0/s1. The summed E-state index contributed by atoms with van der Waals surface area (Å²) in [5.74, 6) is 1.86. The van der Waals surface area contributed by atoms with Gasteiger partial charge in [0, 0.05) is 19.1 Å². The van der Waals surface area contributed by atoms with Crippen LogP contribution in [0.3, 0.4) is 0 Å². The second-order valence-corrected chi connectivity index (χ2v) is 8.86. The van der Waals surface area contributed by atoms with Gasteiger partial charge in [-0.2, -0.15) is 0 Å². The Kier molecular flexibility index (Phi) is 5.21. The Morgan fingerprint density at radius 1 is 1.19 bits per heavy atom. The van der Waals surface area contributed by atoms with Crippen LogP contribution in [0.1, 0.15) is 39.2 Å². The van der Waals surface area contributed by atoms with E-state index in [2.05, 4.69) is 24.0 Å². The zero-order valence-corrected chi connectivity index (χ0v) is 16.6. The molecule has 0 radical (unpaired) electrons. The first-order valence-corrected chi connectivity index (χ1v) is 10.6. The minimum Gasteiger partial charge on any atom is -0.341 e. The average molecular weight is 389 g/mol. The first-order chi connectivity index (χ1) is 13.0. The monoisotopic (exact) mass is 388 g/mol. The number of hydrogen-bond acceptors (Lipinski definition) is 4. The largest absolute Gasteiger partial charge is 0.341 e. The molecule has 1 aromatic carbocycles. The maximum absolute atomic E-state index is 14.2. The summed E-state index contributed by atoms with van der Waals surface area (Å²) < 4.78 is 16.2. The molecule has 1 saturated heterocycles. The summed E-state index contributed by atoms with van der Waals surface area (Å²) in [6.07, 6.45) is 3.27. The van der Waals surface area contributed by atoms with E-state index in [9.17, 15) is 9.18 Å². The summed E-state index contributed by atoms with van der Waals surface area (Å²) in [5.41, 5.74) is 0.466. The van der Waals surface area contributed by atoms with E-state index in [1.807, 2.05) is 9.47 Å². The predicted octanol–water partition coefficient (Wildman–Crippen LogP) is 4.02. The van der Waals surface area contributed by atoms with Crippen LogP contribution in [0, 0.1) is 17.7 Å². The van der Waals surface area contributed by atoms with E-state index < -0.39 is 0 Å². The highest BCUT2D eigenvalue weighted by Gasteiger charge is 2.32. The van der Waals surface area contributed by atoms with Crippen molar-refractivity contribution in [1.29, 1.82) is 0 Å². The number of amides is 1. The number of piperidine rings is 1. The summed E-state index contributed by atoms with van der Waals surface area (Å²) in [7, 11) is 0. The molecule has 2 aliphatic rings. The minimum absolute atomic E-state index is 0.149. The molecule has 2 aromatic rings. The van der Waals surface area contributed by atoms with Gasteiger partial charge in [0.15, 0.2) is 11.0 Å². The van der Waals surface area contributed by atoms with Crippen LogP contribution in [0.25, 0.3) is 11.4 Å². The zero-order valence-electron chi connectivity index (χ0n) is 15.8. The van der Waals surface area contributed by atoms with Gasteiger partial charge in [0.1, 0.15) is 5.82 Å². The van der Waals surface area contributed by atoms with Gasteiger partial charge in [-0.15, -0.1) is 10.2 Å². The molecule has 4 rings (SSSR count). The molecule has 0 bridgehead atoms. The van der Waals surface area contributed by atoms with Crippen molar-refractivity contribution in [3.05, 3.63) is 30.1 Å². The molecule has 1 aliphatic carbocycles. The predicted molar refractivity (Wildman–Crippen MR) is 104 cm³/mol. The summed E-state index contributed by atoms with van der Waals surface area (Å²) in [6.45, 7) is 6.07. The number of hydrogen-bond donors (Lipinski definition) is 0. The van der Waals surface area contributed by atoms with Crippen molar-refractivity contribution in [2.45, 2.75) is 44.3 Å². The summed E-state index contributed by atoms with van der Waals surface area (Å²) >= 11 is 1.42. The van der Waals surface area contributed by atoms with Crippen molar-refractivity contribution in [2.24, 2.45) is 11.8 Å². The van der Waals surface area contributed by atoms with Crippen LogP contribution in [0.5, 0.6) is 0 Å². The summed E-state index contributed by atoms with van der Waals surface area (Å²) in [5, 5.41) is 9.24. The number of carbonyl (C=O) groups excluding carboxylic acids is 1. The molecule has 2 atom stereocenters. The Morgan fingerprint density at radius 2 is 1.89 bits per heavy atom. The van der Waals surface area contributed by atoms with Gasteiger partial charge in [-0.05, 0) is 43.2 Å². The van der Waals surface area contributed by atoms with Crippen molar-refractivity contribution in [2.75, 3.05) is 18.8 Å². The second-order valence-electron chi connectivity index (χ2n) is 7.92. The van der Waals surface area contributed by atoms with Crippen LogP contribution in [0.4, 0.5) is 4.39 Å². The van der Waals surface area contributed by atoms with Gasteiger partial charge < -0.3 is 4.90 Å². The second kappa shape index (κ2) is 7.62. The maximum Gasteiger partial charge on any atom is 0.233 e. The SMILES string of the molecule is C[C@H]1C[C@H](C)CN(C(=O)CSc2nnc(-c3ccccc3F)n2C2CC2)C1. The van der Waals surface area contributed by atoms with Gasteiger partial charge in [-0.25, -0.2) is 4.39 Å². The van der Waals surface area contributed by atoms with E-state index in [4.69, 9.17) is 0 Å². The molecule has 0 unspecified atom stereocenters. The highest BCUT2D eigenvalue weighted by molar-refractivity contribution is 7.99. The maximum atomic E-state index is 14.2. The van der Waals surface area contributed by atoms with Crippen LogP contribution < -0.4 is 0 Å². The Balaban J connectivity index is 1.50. The van der Waals surface area contributed by atoms with Gasteiger partial charge in [0.05, 0.1) is 11.3 Å². The third-order valence-electron chi connectivity index (χ3n) is 5.24. The van der Waals surface area contributed by atoms with Gasteiger partial charge >= 0.3 is 0 Å². The molecule has 144 valence electrons. The fourth-order valence-corrected chi connectivity index (χ4v) is 4.86. The molecular weight excluding hydrogens is 363 g/mol. The van der Waals surface area contributed by atoms with E-state index in [0.717, 1.165) is 25.9 Å². The topological polar surface area (TPSA) is 51.0 Å². The van der Waals surface area contributed by atoms with E-state index in [1.54, 1.807) is 18.2 Å². The molecule has 2 heterocycles. The van der Waals surface area contributed by atoms with Crippen LogP contribution >= 0.6 is 11.8 Å². The molecule has 5 nitrogen and oxygen atoms in total. The molecule has 1 aliphatic heterocycles. The average Bonchev–Trinajstić information content (AvgIpc) is 3.39. The number of nitrogens with zero attached hydrogens (tertiary/aromatic N) is 4. The van der Waals surface area contributed by atoms with E-state index in [-0.39, 0.29) is 11.7 Å². The fourth-order valence-electron chi connectivity index (χ4n) is 3.95. The molecule has 1 aromatic heterocycles. The molecular formula is C20H25FN4OS. The van der Waals surface area contributed by atoms with Crippen molar-refractivity contribution >= 4 is 17.7 Å². The smallest absolute Gasteiger partial charge is 0.233 e. The molecule has 27 heavy (non-hydrogen) atoms. The number of halogens is 1. The number of benzene rings is 1. The van der Waals surface area contributed by atoms with Crippen molar-refractivity contribution < 1.29 is 9.18 Å². The lowest BCUT2D eigenvalue weighted by atomic mass is 9.92. The Bertz CT molecular complexity index is 825. The first-order valence-electron chi connectivity index (χ1n) is 9.63. The Hall–Kier alpha value is -1.89. The molecule has 0 spiro atoms. The lowest BCUT2D eigenvalue weighted by Crippen LogP contribution is -2.43. The summed E-state index contributed by atoms with van der Waals surface area (Å²) in [6, 6.07) is 6.96. The number of rotatable bonds is 5. The molecule has 7 heteroatoms. The first kappa shape index (κ1) is 18.5. The number of carbonyl (C=O) groups is 1. The quantitative estimate of drug-likeness (QED) is 0.726. The molecule has 0 N–H and O–H groups in total. The number of aromatic nitrogens is 3. The Labute approximate surface area is 163 Å². The highest BCUT2D eigenvalue weighted by Crippen LogP contribution is 2.41. The van der Waals surface area contributed by atoms with Gasteiger partial charge in [-0.1, -0.05) is 37.7 Å². The van der Waals surface area contributed by atoms with Crippen LogP contribution in [-0.4, -0.2) is 44.4 Å². The third-order valence-corrected chi connectivity index (χ3v) is 6.17. The van der Waals surface area contributed by atoms with Crippen molar-refractivity contribution in [3.8, 4) is 11.4 Å². The van der Waals surface area contributed by atoms with Gasteiger partial charge in [0.2, 0.25) is 5.91 Å². The van der Waals surface area contributed by atoms with E-state index >= 15 is 0 Å². The van der Waals surface area contributed by atoms with E-state index in [0.29, 0.717) is 40.2 Å². The normalized spacial score (nSPS) is 22.9. The lowest BCUT2D eigenvalue weighted by molar-refractivity contribution is -0.130. The lowest BCUT2D eigenvalue weighted by Gasteiger charge is -2.35.